The summed E-state index contributed by atoms with van der Waals surface area (Å²) in [5, 5.41) is 10.7. The van der Waals surface area contributed by atoms with Gasteiger partial charge in [0.1, 0.15) is 5.84 Å². The molecule has 0 aromatic rings. The molecule has 0 spiro atoms. The van der Waals surface area contributed by atoms with Crippen LogP contribution in [0.3, 0.4) is 0 Å². The molecule has 0 aromatic heterocycles. The normalized spacial score (nSPS) is 11.4. The third-order valence-corrected chi connectivity index (χ3v) is 1.53. The Kier molecular flexibility index (Phi) is 6.08. The van der Waals surface area contributed by atoms with E-state index in [4.69, 9.17) is 5.26 Å². The molecule has 0 heterocycles. The number of nitrogens with zero attached hydrogens (tertiary/aromatic N) is 2. The molecule has 0 unspecified atom stereocenters. The van der Waals surface area contributed by atoms with Crippen molar-refractivity contribution in [3.8, 4) is 6.19 Å². The molecule has 0 radical (unpaired) electrons. The van der Waals surface area contributed by atoms with Crippen LogP contribution in [0.2, 0.25) is 0 Å². The summed E-state index contributed by atoms with van der Waals surface area (Å²) in [5.41, 5.74) is 0. The highest BCUT2D eigenvalue weighted by molar-refractivity contribution is 5.80. The highest BCUT2D eigenvalue weighted by Crippen LogP contribution is 2.02. The molecular formula is C9H17N3. The maximum absolute atomic E-state index is 8.24. The Morgan fingerprint density at radius 1 is 1.58 bits per heavy atom. The number of rotatable bonds is 4. The van der Waals surface area contributed by atoms with Crippen LogP contribution in [0.15, 0.2) is 4.99 Å². The van der Waals surface area contributed by atoms with Crippen LogP contribution < -0.4 is 5.32 Å². The standard InChI is InChI=1S/C9H17N3/c1-8(2)5-4-6-11-9(3)12-7-10/h8H,4-6H2,1-3H3,(H,11,12). The molecule has 3 heteroatoms. The van der Waals surface area contributed by atoms with Gasteiger partial charge in [-0.3, -0.25) is 10.3 Å². The van der Waals surface area contributed by atoms with Crippen molar-refractivity contribution in [2.75, 3.05) is 6.54 Å². The van der Waals surface area contributed by atoms with Crippen molar-refractivity contribution in [2.45, 2.75) is 33.6 Å². The van der Waals surface area contributed by atoms with Gasteiger partial charge in [0.2, 0.25) is 0 Å². The Bertz CT molecular complexity index is 177. The summed E-state index contributed by atoms with van der Waals surface area (Å²) in [6.45, 7) is 7.02. The Hall–Kier alpha value is -1.04. The van der Waals surface area contributed by atoms with E-state index in [1.54, 1.807) is 6.92 Å². The van der Waals surface area contributed by atoms with Gasteiger partial charge in [0.25, 0.3) is 0 Å². The van der Waals surface area contributed by atoms with Crippen molar-refractivity contribution >= 4 is 5.84 Å². The molecule has 0 aliphatic rings. The minimum absolute atomic E-state index is 0.709. The van der Waals surface area contributed by atoms with Crippen molar-refractivity contribution in [3.63, 3.8) is 0 Å². The fourth-order valence-electron chi connectivity index (χ4n) is 0.867. The lowest BCUT2D eigenvalue weighted by molar-refractivity contribution is 0.561. The van der Waals surface area contributed by atoms with Crippen LogP contribution in [0.1, 0.15) is 33.6 Å². The average Bonchev–Trinajstić information content (AvgIpc) is 1.98. The molecule has 0 aliphatic heterocycles. The van der Waals surface area contributed by atoms with Crippen LogP contribution in [0.4, 0.5) is 0 Å². The molecule has 0 fully saturated rings. The van der Waals surface area contributed by atoms with Crippen molar-refractivity contribution in [3.05, 3.63) is 0 Å². The predicted octanol–water partition coefficient (Wildman–Crippen LogP) is 1.91. The SMILES string of the molecule is CC(=NCCCC(C)C)NC#N. The molecule has 3 nitrogen and oxygen atoms in total. The summed E-state index contributed by atoms with van der Waals surface area (Å²) in [6, 6.07) is 0. The van der Waals surface area contributed by atoms with Crippen molar-refractivity contribution in [1.82, 2.24) is 5.32 Å². The lowest BCUT2D eigenvalue weighted by atomic mass is 10.1. The number of nitriles is 1. The summed E-state index contributed by atoms with van der Waals surface area (Å²) < 4.78 is 0. The monoisotopic (exact) mass is 167 g/mol. The quantitative estimate of drug-likeness (QED) is 0.228. The first-order valence-electron chi connectivity index (χ1n) is 4.33. The first kappa shape index (κ1) is 11.0. The van der Waals surface area contributed by atoms with Gasteiger partial charge >= 0.3 is 0 Å². The second kappa shape index (κ2) is 6.66. The van der Waals surface area contributed by atoms with E-state index < -0.39 is 0 Å². The minimum Gasteiger partial charge on any atom is -0.281 e. The minimum atomic E-state index is 0.709. The number of amidine groups is 1. The summed E-state index contributed by atoms with van der Waals surface area (Å²) in [5.74, 6) is 1.45. The molecule has 12 heavy (non-hydrogen) atoms. The van der Waals surface area contributed by atoms with Crippen LogP contribution in [-0.4, -0.2) is 12.4 Å². The van der Waals surface area contributed by atoms with Gasteiger partial charge in [-0.2, -0.15) is 5.26 Å². The number of aliphatic imine (C=N–C) groups is 1. The molecular weight excluding hydrogens is 150 g/mol. The first-order chi connectivity index (χ1) is 5.66. The molecule has 0 rings (SSSR count). The zero-order valence-electron chi connectivity index (χ0n) is 8.09. The molecule has 0 amide bonds. The highest BCUT2D eigenvalue weighted by atomic mass is 15.0. The molecule has 0 aromatic carbocycles. The predicted molar refractivity (Wildman–Crippen MR) is 50.8 cm³/mol. The molecule has 0 saturated heterocycles. The summed E-state index contributed by atoms with van der Waals surface area (Å²) in [4.78, 5) is 4.17. The molecule has 1 N–H and O–H groups in total. The van der Waals surface area contributed by atoms with Crippen molar-refractivity contribution < 1.29 is 0 Å². The van der Waals surface area contributed by atoms with E-state index in [1.165, 1.54) is 6.42 Å². The average molecular weight is 167 g/mol. The second-order valence-electron chi connectivity index (χ2n) is 3.24. The molecule has 68 valence electrons. The van der Waals surface area contributed by atoms with E-state index in [0.717, 1.165) is 18.9 Å². The fraction of sp³-hybridized carbons (Fsp3) is 0.778. The second-order valence-corrected chi connectivity index (χ2v) is 3.24. The number of hydrogen-bond donors (Lipinski definition) is 1. The van der Waals surface area contributed by atoms with Crippen LogP contribution >= 0.6 is 0 Å². The Balaban J connectivity index is 3.41. The molecule has 0 aliphatic carbocycles. The van der Waals surface area contributed by atoms with E-state index in [9.17, 15) is 0 Å². The third-order valence-electron chi connectivity index (χ3n) is 1.53. The van der Waals surface area contributed by atoms with Gasteiger partial charge in [0, 0.05) is 6.54 Å². The zero-order chi connectivity index (χ0) is 9.40. The van der Waals surface area contributed by atoms with E-state index in [1.807, 2.05) is 6.19 Å². The first-order valence-corrected chi connectivity index (χ1v) is 4.33. The Morgan fingerprint density at radius 2 is 2.25 bits per heavy atom. The van der Waals surface area contributed by atoms with Gasteiger partial charge in [-0.05, 0) is 25.7 Å². The van der Waals surface area contributed by atoms with Crippen molar-refractivity contribution in [2.24, 2.45) is 10.9 Å². The summed E-state index contributed by atoms with van der Waals surface area (Å²) >= 11 is 0. The number of nitrogens with one attached hydrogen (secondary N) is 1. The van der Waals surface area contributed by atoms with Gasteiger partial charge < -0.3 is 0 Å². The van der Waals surface area contributed by atoms with Gasteiger partial charge in [-0.15, -0.1) is 0 Å². The Morgan fingerprint density at radius 3 is 2.75 bits per heavy atom. The lowest BCUT2D eigenvalue weighted by Crippen LogP contribution is -2.13. The maximum Gasteiger partial charge on any atom is 0.182 e. The Labute approximate surface area is 74.5 Å². The topological polar surface area (TPSA) is 48.2 Å². The summed E-state index contributed by atoms with van der Waals surface area (Å²) in [7, 11) is 0. The van der Waals surface area contributed by atoms with Gasteiger partial charge in [-0.1, -0.05) is 13.8 Å². The summed E-state index contributed by atoms with van der Waals surface area (Å²) in [6.07, 6.45) is 4.13. The van der Waals surface area contributed by atoms with E-state index in [0.29, 0.717) is 5.84 Å². The maximum atomic E-state index is 8.24. The van der Waals surface area contributed by atoms with Gasteiger partial charge in [0.15, 0.2) is 6.19 Å². The van der Waals surface area contributed by atoms with Crippen LogP contribution in [-0.2, 0) is 0 Å². The van der Waals surface area contributed by atoms with E-state index >= 15 is 0 Å². The third kappa shape index (κ3) is 7.07. The van der Waals surface area contributed by atoms with Crippen LogP contribution in [0.5, 0.6) is 0 Å². The molecule has 0 saturated carbocycles. The van der Waals surface area contributed by atoms with Crippen molar-refractivity contribution in [1.29, 1.82) is 5.26 Å². The molecule has 0 atom stereocenters. The zero-order valence-corrected chi connectivity index (χ0v) is 8.09. The largest absolute Gasteiger partial charge is 0.281 e. The number of hydrogen-bond acceptors (Lipinski definition) is 2. The van der Waals surface area contributed by atoms with Crippen LogP contribution in [0, 0.1) is 17.4 Å². The lowest BCUT2D eigenvalue weighted by Gasteiger charge is -2.01. The highest BCUT2D eigenvalue weighted by Gasteiger charge is 1.92. The smallest absolute Gasteiger partial charge is 0.182 e. The molecule has 0 bridgehead atoms. The van der Waals surface area contributed by atoms with Gasteiger partial charge in [-0.25, -0.2) is 0 Å². The van der Waals surface area contributed by atoms with Crippen LogP contribution in [0.25, 0.3) is 0 Å². The van der Waals surface area contributed by atoms with E-state index in [2.05, 4.69) is 24.2 Å². The fourth-order valence-corrected chi connectivity index (χ4v) is 0.867. The van der Waals surface area contributed by atoms with E-state index in [-0.39, 0.29) is 0 Å². The van der Waals surface area contributed by atoms with Gasteiger partial charge in [0.05, 0.1) is 0 Å².